The number of hydrogen-bond donors (Lipinski definition) is 2. The second-order valence-electron chi connectivity index (χ2n) is 14.0. The SMILES string of the molecule is Brc1ccc2[nH]c3c(c2c1)CCN1[C@@H]3CCN2CCCC[C@H]21.Brc1ccc2[nH]c3c(c2c1)CCN1[C@H]3CCN2CCCC[C@@H]21. The summed E-state index contributed by atoms with van der Waals surface area (Å²) in [6.07, 6.45) is 14.6. The smallest absolute Gasteiger partial charge is 0.0628 e. The van der Waals surface area contributed by atoms with Crippen LogP contribution in [0.1, 0.15) is 86.0 Å². The van der Waals surface area contributed by atoms with Crippen LogP contribution in [0.5, 0.6) is 0 Å². The van der Waals surface area contributed by atoms with Gasteiger partial charge < -0.3 is 9.97 Å². The molecule has 0 radical (unpaired) electrons. The van der Waals surface area contributed by atoms with Crippen molar-refractivity contribution in [3.05, 3.63) is 67.9 Å². The summed E-state index contributed by atoms with van der Waals surface area (Å²) in [6.45, 7) is 7.59. The number of halogens is 2. The zero-order valence-electron chi connectivity index (χ0n) is 25.6. The van der Waals surface area contributed by atoms with Crippen molar-refractivity contribution in [3.8, 4) is 0 Å². The number of nitrogens with zero attached hydrogens (tertiary/aromatic N) is 4. The molecule has 6 aliphatic heterocycles. The van der Waals surface area contributed by atoms with Gasteiger partial charge in [-0.15, -0.1) is 0 Å². The molecule has 4 saturated heterocycles. The van der Waals surface area contributed by atoms with Gasteiger partial charge in [-0.2, -0.15) is 0 Å². The van der Waals surface area contributed by atoms with Crippen LogP contribution in [-0.2, 0) is 12.8 Å². The van der Waals surface area contributed by atoms with Crippen molar-refractivity contribution in [2.24, 2.45) is 0 Å². The first kappa shape index (κ1) is 28.5. The topological polar surface area (TPSA) is 44.5 Å². The van der Waals surface area contributed by atoms with Crippen molar-refractivity contribution >= 4 is 53.7 Å². The molecular weight excluding hydrogens is 676 g/mol. The van der Waals surface area contributed by atoms with Crippen LogP contribution in [-0.4, -0.2) is 81.2 Å². The number of aromatic amines is 2. The van der Waals surface area contributed by atoms with E-state index in [0.717, 1.165) is 0 Å². The Labute approximate surface area is 277 Å². The summed E-state index contributed by atoms with van der Waals surface area (Å²) < 4.78 is 2.37. The van der Waals surface area contributed by atoms with Gasteiger partial charge >= 0.3 is 0 Å². The van der Waals surface area contributed by atoms with Crippen LogP contribution in [0.4, 0.5) is 0 Å². The summed E-state index contributed by atoms with van der Waals surface area (Å²) in [6, 6.07) is 14.5. The molecule has 10 rings (SSSR count). The highest BCUT2D eigenvalue weighted by Crippen LogP contribution is 2.44. The van der Waals surface area contributed by atoms with E-state index in [1.54, 1.807) is 11.1 Å². The van der Waals surface area contributed by atoms with Gasteiger partial charge in [-0.05, 0) is 125 Å². The quantitative estimate of drug-likeness (QED) is 0.193. The summed E-state index contributed by atoms with van der Waals surface area (Å²) in [5.74, 6) is 0. The largest absolute Gasteiger partial charge is 0.357 e. The van der Waals surface area contributed by atoms with Gasteiger partial charge in [-0.3, -0.25) is 19.6 Å². The molecule has 0 amide bonds. The molecule has 6 aliphatic rings. The highest BCUT2D eigenvalue weighted by molar-refractivity contribution is 9.10. The number of rotatable bonds is 0. The normalized spacial score (nSPS) is 29.1. The molecule has 4 aromatic rings. The van der Waals surface area contributed by atoms with Crippen molar-refractivity contribution in [2.45, 2.75) is 88.6 Å². The van der Waals surface area contributed by atoms with E-state index in [9.17, 15) is 0 Å². The number of aromatic nitrogens is 2. The van der Waals surface area contributed by atoms with E-state index >= 15 is 0 Å². The third-order valence-electron chi connectivity index (χ3n) is 11.8. The van der Waals surface area contributed by atoms with Crippen LogP contribution < -0.4 is 0 Å². The predicted molar refractivity (Wildman–Crippen MR) is 186 cm³/mol. The molecule has 6 nitrogen and oxygen atoms in total. The molecular formula is C36H44Br2N6. The maximum Gasteiger partial charge on any atom is 0.0628 e. The van der Waals surface area contributed by atoms with Crippen LogP contribution in [0.15, 0.2) is 45.3 Å². The Balaban J connectivity index is 0.000000123. The fourth-order valence-electron chi connectivity index (χ4n) is 9.84. The van der Waals surface area contributed by atoms with Crippen LogP contribution in [0.2, 0.25) is 0 Å². The van der Waals surface area contributed by atoms with Crippen molar-refractivity contribution in [3.63, 3.8) is 0 Å². The van der Waals surface area contributed by atoms with Gasteiger partial charge in [0.05, 0.1) is 24.4 Å². The summed E-state index contributed by atoms with van der Waals surface area (Å²) >= 11 is 7.26. The van der Waals surface area contributed by atoms with Crippen molar-refractivity contribution in [1.82, 2.24) is 29.6 Å². The minimum Gasteiger partial charge on any atom is -0.357 e. The van der Waals surface area contributed by atoms with Crippen LogP contribution in [0.3, 0.4) is 0 Å². The minimum atomic E-state index is 0.606. The summed E-state index contributed by atoms with van der Waals surface area (Å²) in [7, 11) is 0. The van der Waals surface area contributed by atoms with Gasteiger partial charge in [0.2, 0.25) is 0 Å². The molecule has 8 heterocycles. The van der Waals surface area contributed by atoms with Crippen molar-refractivity contribution in [2.75, 3.05) is 39.3 Å². The molecule has 4 atom stereocenters. The average Bonchev–Trinajstić information content (AvgIpc) is 3.62. The first-order valence-corrected chi connectivity index (χ1v) is 18.8. The molecule has 0 spiro atoms. The molecule has 2 aromatic heterocycles. The lowest BCUT2D eigenvalue weighted by molar-refractivity contribution is -0.0600. The van der Waals surface area contributed by atoms with E-state index in [2.05, 4.69) is 97.8 Å². The Bertz CT molecular complexity index is 1570. The highest BCUT2D eigenvalue weighted by atomic mass is 79.9. The highest BCUT2D eigenvalue weighted by Gasteiger charge is 2.42. The summed E-state index contributed by atoms with van der Waals surface area (Å²) in [4.78, 5) is 18.5. The second kappa shape index (κ2) is 11.5. The predicted octanol–water partition coefficient (Wildman–Crippen LogP) is 8.09. The second-order valence-corrected chi connectivity index (χ2v) is 15.9. The fourth-order valence-corrected chi connectivity index (χ4v) is 10.6. The molecule has 0 aliphatic carbocycles. The molecule has 0 unspecified atom stereocenters. The Kier molecular flexibility index (Phi) is 7.48. The van der Waals surface area contributed by atoms with E-state index in [1.165, 1.54) is 146 Å². The first-order chi connectivity index (χ1) is 21.6. The van der Waals surface area contributed by atoms with E-state index < -0.39 is 0 Å². The molecule has 2 aromatic carbocycles. The van der Waals surface area contributed by atoms with Crippen LogP contribution in [0.25, 0.3) is 21.8 Å². The molecule has 44 heavy (non-hydrogen) atoms. The summed E-state index contributed by atoms with van der Waals surface area (Å²) in [5, 5.41) is 2.85. The number of piperidine rings is 2. The standard InChI is InChI=1S/2C18H22BrN3/c2*19-12-4-5-15-14(11-12)13-6-10-22-16(18(13)20-15)7-9-21-8-2-1-3-17(21)22/h2*4-5,11,16-17,20H,1-3,6-10H2/t2*16-,17-/m10/s1. The number of fused-ring (bicyclic) bond motifs is 14. The molecule has 2 N–H and O–H groups in total. The maximum absolute atomic E-state index is 3.76. The maximum atomic E-state index is 3.76. The Morgan fingerprint density at radius 2 is 1.02 bits per heavy atom. The average molecular weight is 721 g/mol. The third-order valence-corrected chi connectivity index (χ3v) is 12.8. The van der Waals surface area contributed by atoms with Crippen LogP contribution >= 0.6 is 31.9 Å². The van der Waals surface area contributed by atoms with E-state index in [4.69, 9.17) is 0 Å². The molecule has 232 valence electrons. The lowest BCUT2D eigenvalue weighted by atomic mass is 9.90. The van der Waals surface area contributed by atoms with Gasteiger partial charge in [0.25, 0.3) is 0 Å². The van der Waals surface area contributed by atoms with E-state index in [-0.39, 0.29) is 0 Å². The fraction of sp³-hybridized carbons (Fsp3) is 0.556. The van der Waals surface area contributed by atoms with Gasteiger partial charge in [-0.1, -0.05) is 31.9 Å². The van der Waals surface area contributed by atoms with Crippen molar-refractivity contribution in [1.29, 1.82) is 0 Å². The Morgan fingerprint density at radius 3 is 1.50 bits per heavy atom. The minimum absolute atomic E-state index is 0.606. The van der Waals surface area contributed by atoms with E-state index in [0.29, 0.717) is 24.4 Å². The summed E-state index contributed by atoms with van der Waals surface area (Å²) in [5.41, 5.74) is 8.76. The number of hydrogen-bond acceptors (Lipinski definition) is 4. The monoisotopic (exact) mass is 718 g/mol. The van der Waals surface area contributed by atoms with Gasteiger partial charge in [0, 0.05) is 68.3 Å². The third kappa shape index (κ3) is 4.77. The Morgan fingerprint density at radius 1 is 0.545 bits per heavy atom. The van der Waals surface area contributed by atoms with E-state index in [1.807, 2.05) is 0 Å². The molecule has 0 bridgehead atoms. The molecule has 8 heteroatoms. The lowest BCUT2D eigenvalue weighted by Crippen LogP contribution is -2.58. The molecule has 4 fully saturated rings. The van der Waals surface area contributed by atoms with Gasteiger partial charge in [-0.25, -0.2) is 0 Å². The zero-order chi connectivity index (χ0) is 29.4. The molecule has 0 saturated carbocycles. The lowest BCUT2D eigenvalue weighted by Gasteiger charge is -2.52. The van der Waals surface area contributed by atoms with Gasteiger partial charge in [0.1, 0.15) is 0 Å². The van der Waals surface area contributed by atoms with Crippen LogP contribution in [0, 0.1) is 0 Å². The Hall–Kier alpha value is -1.68. The van der Waals surface area contributed by atoms with Crippen molar-refractivity contribution < 1.29 is 0 Å². The number of H-pyrrole nitrogens is 2. The first-order valence-electron chi connectivity index (χ1n) is 17.2. The zero-order valence-corrected chi connectivity index (χ0v) is 28.8. The van der Waals surface area contributed by atoms with Gasteiger partial charge in [0.15, 0.2) is 0 Å². The number of benzene rings is 2. The number of nitrogens with one attached hydrogen (secondary N) is 2.